The molecule has 0 aliphatic heterocycles. The number of hydrogen-bond donors (Lipinski definition) is 2. The molecule has 0 bridgehead atoms. The quantitative estimate of drug-likeness (QED) is 0.813. The van der Waals surface area contributed by atoms with Gasteiger partial charge < -0.3 is 20.9 Å². The van der Waals surface area contributed by atoms with E-state index in [-0.39, 0.29) is 11.5 Å². The fourth-order valence-corrected chi connectivity index (χ4v) is 2.02. The molecule has 4 N–H and O–H groups in total. The predicted octanol–water partition coefficient (Wildman–Crippen LogP) is 2.08. The minimum Gasteiger partial charge on any atom is -0.493 e. The van der Waals surface area contributed by atoms with Crippen LogP contribution in [0.15, 0.2) is 18.2 Å². The highest BCUT2D eigenvalue weighted by Crippen LogP contribution is 2.37. The molecule has 0 saturated heterocycles. The van der Waals surface area contributed by atoms with Gasteiger partial charge in [-0.15, -0.1) is 0 Å². The van der Waals surface area contributed by atoms with Gasteiger partial charge >= 0.3 is 0 Å². The van der Waals surface area contributed by atoms with Crippen molar-refractivity contribution in [1.29, 1.82) is 0 Å². The van der Waals surface area contributed by atoms with Crippen LogP contribution in [-0.4, -0.2) is 20.8 Å². The number of rotatable bonds is 6. The maximum absolute atomic E-state index is 6.32. The minimum atomic E-state index is -0.0825. The van der Waals surface area contributed by atoms with E-state index < -0.39 is 0 Å². The summed E-state index contributed by atoms with van der Waals surface area (Å²) in [4.78, 5) is 0. The summed E-state index contributed by atoms with van der Waals surface area (Å²) in [6.07, 6.45) is 0.877. The van der Waals surface area contributed by atoms with Crippen LogP contribution in [0.4, 0.5) is 0 Å². The molecule has 1 aromatic carbocycles. The molecular formula is C14H24N2O2. The van der Waals surface area contributed by atoms with Gasteiger partial charge in [0.15, 0.2) is 11.5 Å². The second-order valence-corrected chi connectivity index (χ2v) is 5.12. The summed E-state index contributed by atoms with van der Waals surface area (Å²) in [5.41, 5.74) is 12.9. The molecule has 0 aromatic heterocycles. The second kappa shape index (κ2) is 6.07. The van der Waals surface area contributed by atoms with Crippen LogP contribution in [0.2, 0.25) is 0 Å². The Morgan fingerprint density at radius 2 is 1.78 bits per heavy atom. The van der Waals surface area contributed by atoms with Gasteiger partial charge in [0.1, 0.15) is 0 Å². The van der Waals surface area contributed by atoms with Crippen molar-refractivity contribution < 1.29 is 9.47 Å². The number of ether oxygens (including phenoxy) is 2. The number of methoxy groups -OCH3 is 2. The summed E-state index contributed by atoms with van der Waals surface area (Å²) in [6, 6.07) is 5.71. The Morgan fingerprint density at radius 1 is 1.17 bits per heavy atom. The summed E-state index contributed by atoms with van der Waals surface area (Å²) in [6.45, 7) is 4.89. The summed E-state index contributed by atoms with van der Waals surface area (Å²) < 4.78 is 10.5. The Balaban J connectivity index is 3.03. The standard InChI is InChI=1S/C14H24N2O2/c1-14(2,7-8-15)13(16)10-5-6-11(17-3)12(9-10)18-4/h5-6,9,13H,7-8,15-16H2,1-4H3. The first-order valence-corrected chi connectivity index (χ1v) is 6.14. The maximum atomic E-state index is 6.32. The lowest BCUT2D eigenvalue weighted by Crippen LogP contribution is -2.31. The SMILES string of the molecule is COc1ccc(C(N)C(C)(C)CCN)cc1OC. The van der Waals surface area contributed by atoms with Crippen LogP contribution >= 0.6 is 0 Å². The van der Waals surface area contributed by atoms with Crippen molar-refractivity contribution in [2.75, 3.05) is 20.8 Å². The van der Waals surface area contributed by atoms with E-state index in [1.54, 1.807) is 14.2 Å². The Labute approximate surface area is 109 Å². The van der Waals surface area contributed by atoms with Crippen LogP contribution < -0.4 is 20.9 Å². The molecule has 4 heteroatoms. The smallest absolute Gasteiger partial charge is 0.161 e. The largest absolute Gasteiger partial charge is 0.493 e. The Hall–Kier alpha value is -1.26. The molecule has 0 amide bonds. The Morgan fingerprint density at radius 3 is 2.28 bits per heavy atom. The molecular weight excluding hydrogens is 228 g/mol. The Bertz CT molecular complexity index is 391. The van der Waals surface area contributed by atoms with Crippen LogP contribution in [0.3, 0.4) is 0 Å². The highest BCUT2D eigenvalue weighted by molar-refractivity contribution is 5.44. The number of benzene rings is 1. The van der Waals surface area contributed by atoms with Gasteiger partial charge in [-0.1, -0.05) is 19.9 Å². The average molecular weight is 252 g/mol. The van der Waals surface area contributed by atoms with E-state index in [1.165, 1.54) is 0 Å². The summed E-state index contributed by atoms with van der Waals surface area (Å²) in [5, 5.41) is 0. The highest BCUT2D eigenvalue weighted by Gasteiger charge is 2.27. The Kier molecular flexibility index (Phi) is 4.99. The van der Waals surface area contributed by atoms with Crippen molar-refractivity contribution in [1.82, 2.24) is 0 Å². The van der Waals surface area contributed by atoms with Crippen molar-refractivity contribution in [2.45, 2.75) is 26.3 Å². The molecule has 0 aliphatic carbocycles. The zero-order chi connectivity index (χ0) is 13.8. The molecule has 0 heterocycles. The van der Waals surface area contributed by atoms with Gasteiger partial charge in [0, 0.05) is 6.04 Å². The molecule has 4 nitrogen and oxygen atoms in total. The molecule has 0 saturated carbocycles. The zero-order valence-corrected chi connectivity index (χ0v) is 11.7. The number of nitrogens with two attached hydrogens (primary N) is 2. The molecule has 18 heavy (non-hydrogen) atoms. The van der Waals surface area contributed by atoms with Gasteiger partial charge in [-0.3, -0.25) is 0 Å². The normalized spacial score (nSPS) is 13.2. The van der Waals surface area contributed by atoms with Crippen molar-refractivity contribution >= 4 is 0 Å². The average Bonchev–Trinajstić information content (AvgIpc) is 2.36. The molecule has 1 rings (SSSR count). The van der Waals surface area contributed by atoms with E-state index in [4.69, 9.17) is 20.9 Å². The molecule has 1 aromatic rings. The fraction of sp³-hybridized carbons (Fsp3) is 0.571. The van der Waals surface area contributed by atoms with E-state index in [0.717, 1.165) is 12.0 Å². The third-order valence-corrected chi connectivity index (χ3v) is 3.40. The van der Waals surface area contributed by atoms with Crippen molar-refractivity contribution in [2.24, 2.45) is 16.9 Å². The summed E-state index contributed by atoms with van der Waals surface area (Å²) in [5.74, 6) is 1.42. The molecule has 1 atom stereocenters. The molecule has 0 radical (unpaired) electrons. The van der Waals surface area contributed by atoms with Gasteiger partial charge in [0.05, 0.1) is 14.2 Å². The van der Waals surface area contributed by atoms with Crippen molar-refractivity contribution in [3.05, 3.63) is 23.8 Å². The van der Waals surface area contributed by atoms with Crippen LogP contribution in [0.25, 0.3) is 0 Å². The van der Waals surface area contributed by atoms with Crippen LogP contribution in [-0.2, 0) is 0 Å². The van der Waals surface area contributed by atoms with Gasteiger partial charge in [-0.25, -0.2) is 0 Å². The van der Waals surface area contributed by atoms with Gasteiger partial charge in [0.25, 0.3) is 0 Å². The zero-order valence-electron chi connectivity index (χ0n) is 11.7. The fourth-order valence-electron chi connectivity index (χ4n) is 2.02. The van der Waals surface area contributed by atoms with Crippen LogP contribution in [0.5, 0.6) is 11.5 Å². The molecule has 0 aliphatic rings. The van der Waals surface area contributed by atoms with E-state index >= 15 is 0 Å². The van der Waals surface area contributed by atoms with Gasteiger partial charge in [0.2, 0.25) is 0 Å². The summed E-state index contributed by atoms with van der Waals surface area (Å²) in [7, 11) is 3.24. The number of hydrogen-bond acceptors (Lipinski definition) is 4. The van der Waals surface area contributed by atoms with E-state index in [0.29, 0.717) is 18.0 Å². The molecule has 0 spiro atoms. The third kappa shape index (κ3) is 3.15. The molecule has 1 unspecified atom stereocenters. The van der Waals surface area contributed by atoms with Crippen LogP contribution in [0, 0.1) is 5.41 Å². The molecule has 0 fully saturated rings. The van der Waals surface area contributed by atoms with Crippen LogP contribution in [0.1, 0.15) is 31.9 Å². The topological polar surface area (TPSA) is 70.5 Å². The lowest BCUT2D eigenvalue weighted by molar-refractivity contribution is 0.270. The minimum absolute atomic E-state index is 0.0473. The van der Waals surface area contributed by atoms with E-state index in [1.807, 2.05) is 18.2 Å². The van der Waals surface area contributed by atoms with Crippen molar-refractivity contribution in [3.8, 4) is 11.5 Å². The van der Waals surface area contributed by atoms with E-state index in [2.05, 4.69) is 13.8 Å². The first-order chi connectivity index (χ1) is 8.46. The molecule has 102 valence electrons. The van der Waals surface area contributed by atoms with Gasteiger partial charge in [-0.05, 0) is 36.1 Å². The predicted molar refractivity (Wildman–Crippen MR) is 73.9 cm³/mol. The first-order valence-electron chi connectivity index (χ1n) is 6.14. The monoisotopic (exact) mass is 252 g/mol. The lowest BCUT2D eigenvalue weighted by atomic mass is 9.78. The van der Waals surface area contributed by atoms with Gasteiger partial charge in [-0.2, -0.15) is 0 Å². The van der Waals surface area contributed by atoms with Crippen molar-refractivity contribution in [3.63, 3.8) is 0 Å². The first kappa shape index (κ1) is 14.8. The third-order valence-electron chi connectivity index (χ3n) is 3.40. The second-order valence-electron chi connectivity index (χ2n) is 5.12. The maximum Gasteiger partial charge on any atom is 0.161 e. The lowest BCUT2D eigenvalue weighted by Gasteiger charge is -2.31. The highest BCUT2D eigenvalue weighted by atomic mass is 16.5. The summed E-state index contributed by atoms with van der Waals surface area (Å²) >= 11 is 0. The van der Waals surface area contributed by atoms with E-state index in [9.17, 15) is 0 Å².